The first kappa shape index (κ1) is 20.6. The first-order valence-corrected chi connectivity index (χ1v) is 10.4. The summed E-state index contributed by atoms with van der Waals surface area (Å²) >= 11 is 1.40. The van der Waals surface area contributed by atoms with Gasteiger partial charge in [0.2, 0.25) is 11.8 Å². The van der Waals surface area contributed by atoms with Crippen LogP contribution in [0.25, 0.3) is 0 Å². The van der Waals surface area contributed by atoms with Crippen LogP contribution in [0.15, 0.2) is 22.7 Å². The number of halogens is 1. The molecule has 0 saturated carbocycles. The number of ether oxygens (including phenoxy) is 1. The molecule has 2 heterocycles. The van der Waals surface area contributed by atoms with Gasteiger partial charge in [-0.05, 0) is 31.5 Å². The number of anilines is 1. The normalized spacial score (nSPS) is 19.6. The lowest BCUT2D eigenvalue weighted by Crippen LogP contribution is -2.45. The minimum absolute atomic E-state index is 0.0657. The Morgan fingerprint density at radius 3 is 2.75 bits per heavy atom. The molecule has 2 aromatic rings. The van der Waals surface area contributed by atoms with Crippen molar-refractivity contribution in [3.05, 3.63) is 41.3 Å². The highest BCUT2D eigenvalue weighted by Gasteiger charge is 2.24. The molecule has 2 atom stereocenters. The number of aromatic nitrogens is 2. The molecule has 1 N–H and O–H groups in total. The predicted molar refractivity (Wildman–Crippen MR) is 106 cm³/mol. The van der Waals surface area contributed by atoms with Gasteiger partial charge in [0.15, 0.2) is 5.82 Å². The molecule has 1 aromatic heterocycles. The number of benzene rings is 1. The second-order valence-electron chi connectivity index (χ2n) is 6.95. The molecule has 1 fully saturated rings. The topological polar surface area (TPSA) is 80.5 Å². The summed E-state index contributed by atoms with van der Waals surface area (Å²) in [7, 11) is 0. The number of carbonyl (C=O) groups excluding carboxylic acids is 1. The van der Waals surface area contributed by atoms with Crippen LogP contribution >= 0.6 is 11.8 Å². The molecular weight excluding hydrogens is 383 g/mol. The average molecular weight is 408 g/mol. The molecule has 0 radical (unpaired) electrons. The van der Waals surface area contributed by atoms with Gasteiger partial charge in [0.1, 0.15) is 5.82 Å². The molecule has 2 unspecified atom stereocenters. The van der Waals surface area contributed by atoms with Crippen LogP contribution < -0.4 is 10.2 Å². The van der Waals surface area contributed by atoms with E-state index in [0.29, 0.717) is 36.2 Å². The monoisotopic (exact) mass is 408 g/mol. The predicted octanol–water partition coefficient (Wildman–Crippen LogP) is 2.68. The minimum Gasteiger partial charge on any atom is -0.372 e. The summed E-state index contributed by atoms with van der Waals surface area (Å²) < 4.78 is 25.2. The summed E-state index contributed by atoms with van der Waals surface area (Å²) in [5.41, 5.74) is 1.30. The van der Waals surface area contributed by atoms with E-state index < -0.39 is 0 Å². The highest BCUT2D eigenvalue weighted by atomic mass is 32.2. The van der Waals surface area contributed by atoms with Crippen LogP contribution in [0.4, 0.5) is 10.1 Å². The van der Waals surface area contributed by atoms with Crippen LogP contribution in [-0.2, 0) is 21.8 Å². The van der Waals surface area contributed by atoms with E-state index in [1.54, 1.807) is 13.0 Å². The van der Waals surface area contributed by atoms with Crippen molar-refractivity contribution in [3.63, 3.8) is 0 Å². The van der Waals surface area contributed by atoms with Crippen LogP contribution in [0, 0.1) is 12.7 Å². The number of nitrogens with zero attached hydrogens (tertiary/aromatic N) is 3. The average Bonchev–Trinajstić information content (AvgIpc) is 3.04. The van der Waals surface area contributed by atoms with Crippen molar-refractivity contribution in [1.82, 2.24) is 15.5 Å². The second kappa shape index (κ2) is 9.38. The number of carbonyl (C=O) groups is 1. The fourth-order valence-electron chi connectivity index (χ4n) is 3.18. The minimum atomic E-state index is -0.282. The lowest BCUT2D eigenvalue weighted by atomic mass is 10.1. The molecule has 9 heteroatoms. The summed E-state index contributed by atoms with van der Waals surface area (Å²) in [4.78, 5) is 18.1. The number of rotatable bonds is 7. The van der Waals surface area contributed by atoms with E-state index in [1.165, 1.54) is 17.8 Å². The van der Waals surface area contributed by atoms with Gasteiger partial charge in [-0.3, -0.25) is 4.79 Å². The summed E-state index contributed by atoms with van der Waals surface area (Å²) in [6.07, 6.45) is 0.131. The zero-order valence-corrected chi connectivity index (χ0v) is 17.1. The molecule has 1 saturated heterocycles. The Morgan fingerprint density at radius 1 is 1.36 bits per heavy atom. The number of hydrogen-bond acceptors (Lipinski definition) is 7. The SMILES string of the molecule is Cc1nc(CSCC(=O)NCc2ccc(N3CC(C)OC(C)C3)c(F)c2)no1. The standard InChI is InChI=1S/C19H25FN4O3S/c1-12-8-24(9-13(2)26-12)17-5-4-15(6-16(17)20)7-21-19(25)11-28-10-18-22-14(3)27-23-18/h4-6,12-13H,7-11H2,1-3H3,(H,21,25). The van der Waals surface area contributed by atoms with Crippen molar-refractivity contribution in [3.8, 4) is 0 Å². The number of morpholine rings is 1. The number of aryl methyl sites for hydroxylation is 1. The lowest BCUT2D eigenvalue weighted by molar-refractivity contribution is -0.118. The van der Waals surface area contributed by atoms with Crippen molar-refractivity contribution in [2.45, 2.75) is 45.3 Å². The highest BCUT2D eigenvalue weighted by molar-refractivity contribution is 7.99. The van der Waals surface area contributed by atoms with E-state index in [0.717, 1.165) is 5.56 Å². The zero-order chi connectivity index (χ0) is 20.1. The largest absolute Gasteiger partial charge is 0.372 e. The van der Waals surface area contributed by atoms with Gasteiger partial charge in [-0.25, -0.2) is 4.39 Å². The van der Waals surface area contributed by atoms with Gasteiger partial charge >= 0.3 is 0 Å². The molecule has 1 aliphatic rings. The van der Waals surface area contributed by atoms with E-state index in [1.807, 2.05) is 24.8 Å². The molecular formula is C19H25FN4O3S. The quantitative estimate of drug-likeness (QED) is 0.754. The smallest absolute Gasteiger partial charge is 0.230 e. The van der Waals surface area contributed by atoms with Crippen LogP contribution in [0.3, 0.4) is 0 Å². The zero-order valence-electron chi connectivity index (χ0n) is 16.3. The fourth-order valence-corrected chi connectivity index (χ4v) is 3.87. The van der Waals surface area contributed by atoms with Gasteiger partial charge in [-0.15, -0.1) is 11.8 Å². The van der Waals surface area contributed by atoms with Crippen molar-refractivity contribution >= 4 is 23.4 Å². The maximum Gasteiger partial charge on any atom is 0.230 e. The van der Waals surface area contributed by atoms with Crippen LogP contribution in [0.2, 0.25) is 0 Å². The summed E-state index contributed by atoms with van der Waals surface area (Å²) in [5, 5.41) is 6.59. The molecule has 1 amide bonds. The lowest BCUT2D eigenvalue weighted by Gasteiger charge is -2.37. The molecule has 1 aromatic carbocycles. The molecule has 152 valence electrons. The third kappa shape index (κ3) is 5.68. The number of thioether (sulfide) groups is 1. The molecule has 0 spiro atoms. The van der Waals surface area contributed by atoms with Crippen LogP contribution in [0.1, 0.15) is 31.1 Å². The van der Waals surface area contributed by atoms with Crippen LogP contribution in [-0.4, -0.2) is 47.1 Å². The van der Waals surface area contributed by atoms with Gasteiger partial charge in [0.25, 0.3) is 0 Å². The highest BCUT2D eigenvalue weighted by Crippen LogP contribution is 2.24. The molecule has 0 aliphatic carbocycles. The van der Waals surface area contributed by atoms with E-state index in [2.05, 4.69) is 15.5 Å². The Morgan fingerprint density at radius 2 is 2.11 bits per heavy atom. The molecule has 0 bridgehead atoms. The third-order valence-corrected chi connectivity index (χ3v) is 5.22. The van der Waals surface area contributed by atoms with Crippen LogP contribution in [0.5, 0.6) is 0 Å². The third-order valence-electron chi connectivity index (χ3n) is 4.30. The van der Waals surface area contributed by atoms with E-state index in [9.17, 15) is 9.18 Å². The molecule has 3 rings (SSSR count). The summed E-state index contributed by atoms with van der Waals surface area (Å²) in [6, 6.07) is 5.10. The maximum atomic E-state index is 14.6. The second-order valence-corrected chi connectivity index (χ2v) is 7.93. The van der Waals surface area contributed by atoms with Gasteiger partial charge in [-0.2, -0.15) is 4.98 Å². The summed E-state index contributed by atoms with van der Waals surface area (Å²) in [6.45, 7) is 7.31. The van der Waals surface area contributed by atoms with E-state index in [-0.39, 0.29) is 36.2 Å². The van der Waals surface area contributed by atoms with E-state index in [4.69, 9.17) is 9.26 Å². The van der Waals surface area contributed by atoms with Gasteiger partial charge in [0.05, 0.1) is 29.4 Å². The molecule has 28 heavy (non-hydrogen) atoms. The Kier molecular flexibility index (Phi) is 6.90. The van der Waals surface area contributed by atoms with Crippen molar-refractivity contribution < 1.29 is 18.4 Å². The van der Waals surface area contributed by atoms with Gasteiger partial charge < -0.3 is 19.5 Å². The number of nitrogens with one attached hydrogen (secondary N) is 1. The van der Waals surface area contributed by atoms with Crippen molar-refractivity contribution in [1.29, 1.82) is 0 Å². The molecule has 7 nitrogen and oxygen atoms in total. The summed E-state index contributed by atoms with van der Waals surface area (Å²) in [5.74, 6) is 1.45. The number of hydrogen-bond donors (Lipinski definition) is 1. The Hall–Kier alpha value is -2.13. The maximum absolute atomic E-state index is 14.6. The first-order chi connectivity index (χ1) is 13.4. The van der Waals surface area contributed by atoms with Gasteiger partial charge in [-0.1, -0.05) is 11.2 Å². The first-order valence-electron chi connectivity index (χ1n) is 9.23. The Bertz CT molecular complexity index is 806. The van der Waals surface area contributed by atoms with Crippen molar-refractivity contribution in [2.24, 2.45) is 0 Å². The Balaban J connectivity index is 1.46. The number of amides is 1. The molecule has 1 aliphatic heterocycles. The van der Waals surface area contributed by atoms with Crippen molar-refractivity contribution in [2.75, 3.05) is 23.7 Å². The fraction of sp³-hybridized carbons (Fsp3) is 0.526. The van der Waals surface area contributed by atoms with E-state index >= 15 is 0 Å². The van der Waals surface area contributed by atoms with Gasteiger partial charge in [0, 0.05) is 26.6 Å². The Labute approximate surface area is 168 Å².